The molecule has 1 aliphatic carbocycles. The molecule has 1 saturated carbocycles. The second-order valence-electron chi connectivity index (χ2n) is 5.69. The summed E-state index contributed by atoms with van der Waals surface area (Å²) in [7, 11) is 0. The van der Waals surface area contributed by atoms with Gasteiger partial charge in [0.15, 0.2) is 0 Å². The highest BCUT2D eigenvalue weighted by Crippen LogP contribution is 2.38. The number of benzene rings is 1. The summed E-state index contributed by atoms with van der Waals surface area (Å²) < 4.78 is 6.11. The van der Waals surface area contributed by atoms with E-state index in [1.54, 1.807) is 6.08 Å². The van der Waals surface area contributed by atoms with Gasteiger partial charge < -0.3 is 15.0 Å². The second-order valence-corrected chi connectivity index (χ2v) is 7.41. The minimum atomic E-state index is -0.181. The van der Waals surface area contributed by atoms with Crippen molar-refractivity contribution in [3.63, 3.8) is 0 Å². The molecular formula is C16H14N2O3S2. The fraction of sp³-hybridized carbons (Fsp3) is 0.312. The molecule has 23 heavy (non-hydrogen) atoms. The molecule has 2 aliphatic heterocycles. The smallest absolute Gasteiger partial charge is 0.263 e. The predicted molar refractivity (Wildman–Crippen MR) is 93.3 cm³/mol. The first kappa shape index (κ1) is 14.7. The summed E-state index contributed by atoms with van der Waals surface area (Å²) in [5, 5.41) is 2.60. The number of nitrogens with zero attached hydrogens (tertiary/aromatic N) is 1. The average molecular weight is 346 g/mol. The maximum Gasteiger partial charge on any atom is 0.263 e. The Labute approximate surface area is 143 Å². The van der Waals surface area contributed by atoms with Crippen LogP contribution >= 0.6 is 24.0 Å². The number of thioether (sulfide) groups is 1. The maximum atomic E-state index is 12.4. The van der Waals surface area contributed by atoms with Gasteiger partial charge in [0.1, 0.15) is 16.7 Å². The lowest BCUT2D eigenvalue weighted by Crippen LogP contribution is -2.38. The Morgan fingerprint density at radius 1 is 1.43 bits per heavy atom. The molecule has 0 spiro atoms. The Kier molecular flexibility index (Phi) is 3.61. The number of fused-ring (bicyclic) bond motifs is 1. The first-order valence-electron chi connectivity index (χ1n) is 7.45. The molecule has 7 heteroatoms. The molecule has 0 radical (unpaired) electrons. The molecule has 1 saturated heterocycles. The SMILES string of the molecule is O=C1NC(=S)SC1=Cc1ccc2c(c1)N(C(=O)C1CC1)CCO2. The lowest BCUT2D eigenvalue weighted by atomic mass is 10.1. The Bertz CT molecular complexity index is 756. The normalized spacial score (nSPS) is 21.9. The molecule has 2 amide bonds. The Morgan fingerprint density at radius 2 is 2.26 bits per heavy atom. The molecule has 2 heterocycles. The summed E-state index contributed by atoms with van der Waals surface area (Å²) in [5.41, 5.74) is 1.64. The number of carbonyl (C=O) groups excluding carboxylic acids is 2. The van der Waals surface area contributed by atoms with Gasteiger partial charge in [-0.1, -0.05) is 30.0 Å². The van der Waals surface area contributed by atoms with Gasteiger partial charge >= 0.3 is 0 Å². The first-order chi connectivity index (χ1) is 11.1. The number of anilines is 1. The van der Waals surface area contributed by atoms with Crippen molar-refractivity contribution in [2.45, 2.75) is 12.8 Å². The minimum Gasteiger partial charge on any atom is -0.490 e. The topological polar surface area (TPSA) is 58.6 Å². The lowest BCUT2D eigenvalue weighted by Gasteiger charge is -2.30. The van der Waals surface area contributed by atoms with Gasteiger partial charge in [-0.25, -0.2) is 0 Å². The third-order valence-corrected chi connectivity index (χ3v) is 5.14. The van der Waals surface area contributed by atoms with Crippen LogP contribution in [0.2, 0.25) is 0 Å². The fourth-order valence-electron chi connectivity index (χ4n) is 2.68. The second kappa shape index (κ2) is 5.65. The summed E-state index contributed by atoms with van der Waals surface area (Å²) in [5.74, 6) is 0.872. The van der Waals surface area contributed by atoms with Crippen LogP contribution in [0, 0.1) is 5.92 Å². The van der Waals surface area contributed by atoms with Crippen LogP contribution in [0.5, 0.6) is 5.75 Å². The summed E-state index contributed by atoms with van der Waals surface area (Å²) >= 11 is 6.24. The van der Waals surface area contributed by atoms with Crippen LogP contribution in [0.25, 0.3) is 6.08 Å². The third kappa shape index (κ3) is 2.86. The van der Waals surface area contributed by atoms with Gasteiger partial charge in [-0.2, -0.15) is 0 Å². The van der Waals surface area contributed by atoms with Gasteiger partial charge in [-0.05, 0) is 36.6 Å². The third-order valence-electron chi connectivity index (χ3n) is 3.98. The van der Waals surface area contributed by atoms with Crippen molar-refractivity contribution in [2.75, 3.05) is 18.1 Å². The van der Waals surface area contributed by atoms with Crippen LogP contribution in [0.1, 0.15) is 18.4 Å². The van der Waals surface area contributed by atoms with Crippen molar-refractivity contribution < 1.29 is 14.3 Å². The Balaban J connectivity index is 1.67. The van der Waals surface area contributed by atoms with E-state index in [4.69, 9.17) is 17.0 Å². The quantitative estimate of drug-likeness (QED) is 0.658. The minimum absolute atomic E-state index is 0.163. The molecular weight excluding hydrogens is 332 g/mol. The van der Waals surface area contributed by atoms with Crippen LogP contribution in [0.15, 0.2) is 23.1 Å². The van der Waals surface area contributed by atoms with E-state index in [9.17, 15) is 9.59 Å². The van der Waals surface area contributed by atoms with Gasteiger partial charge in [0.05, 0.1) is 17.1 Å². The summed E-state index contributed by atoms with van der Waals surface area (Å²) in [6.07, 6.45) is 3.74. The van der Waals surface area contributed by atoms with Crippen molar-refractivity contribution >= 4 is 51.9 Å². The predicted octanol–water partition coefficient (Wildman–Crippen LogP) is 2.31. The van der Waals surface area contributed by atoms with Gasteiger partial charge in [0, 0.05) is 5.92 Å². The maximum absolute atomic E-state index is 12.4. The van der Waals surface area contributed by atoms with E-state index in [1.165, 1.54) is 11.8 Å². The molecule has 2 fully saturated rings. The van der Waals surface area contributed by atoms with E-state index in [0.29, 0.717) is 28.1 Å². The van der Waals surface area contributed by atoms with E-state index in [2.05, 4.69) is 5.32 Å². The van der Waals surface area contributed by atoms with Gasteiger partial charge in [0.2, 0.25) is 5.91 Å². The van der Waals surface area contributed by atoms with Crippen molar-refractivity contribution in [3.8, 4) is 5.75 Å². The van der Waals surface area contributed by atoms with E-state index in [0.717, 1.165) is 24.1 Å². The monoisotopic (exact) mass is 346 g/mol. The zero-order valence-corrected chi connectivity index (χ0v) is 13.8. The largest absolute Gasteiger partial charge is 0.490 e. The van der Waals surface area contributed by atoms with Gasteiger partial charge in [0.25, 0.3) is 5.91 Å². The number of nitrogens with one attached hydrogen (secondary N) is 1. The first-order valence-corrected chi connectivity index (χ1v) is 8.67. The highest BCUT2D eigenvalue weighted by Gasteiger charge is 2.36. The van der Waals surface area contributed by atoms with Gasteiger partial charge in [-0.15, -0.1) is 0 Å². The highest BCUT2D eigenvalue weighted by atomic mass is 32.2. The van der Waals surface area contributed by atoms with E-state index < -0.39 is 0 Å². The van der Waals surface area contributed by atoms with Crippen molar-refractivity contribution in [3.05, 3.63) is 28.7 Å². The molecule has 3 aliphatic rings. The number of rotatable bonds is 2. The van der Waals surface area contributed by atoms with Crippen LogP contribution in [-0.4, -0.2) is 29.3 Å². The van der Waals surface area contributed by atoms with E-state index >= 15 is 0 Å². The summed E-state index contributed by atoms with van der Waals surface area (Å²) in [4.78, 5) is 26.6. The number of amides is 2. The molecule has 1 aromatic carbocycles. The number of thiocarbonyl (C=S) groups is 1. The van der Waals surface area contributed by atoms with Crippen molar-refractivity contribution in [1.29, 1.82) is 0 Å². The molecule has 4 rings (SSSR count). The Morgan fingerprint density at radius 3 is 2.96 bits per heavy atom. The molecule has 0 atom stereocenters. The number of ether oxygens (including phenoxy) is 1. The number of carbonyl (C=O) groups is 2. The Hall–Kier alpha value is -1.86. The molecule has 1 N–H and O–H groups in total. The molecule has 118 valence electrons. The van der Waals surface area contributed by atoms with Crippen LogP contribution in [0.3, 0.4) is 0 Å². The van der Waals surface area contributed by atoms with Crippen LogP contribution in [0.4, 0.5) is 5.69 Å². The highest BCUT2D eigenvalue weighted by molar-refractivity contribution is 8.26. The zero-order chi connectivity index (χ0) is 16.0. The average Bonchev–Trinajstić information content (AvgIpc) is 3.33. The molecule has 5 nitrogen and oxygen atoms in total. The van der Waals surface area contributed by atoms with Crippen molar-refractivity contribution in [2.24, 2.45) is 5.92 Å². The summed E-state index contributed by atoms with van der Waals surface area (Å²) in [6.45, 7) is 1.08. The lowest BCUT2D eigenvalue weighted by molar-refractivity contribution is -0.120. The van der Waals surface area contributed by atoms with Crippen molar-refractivity contribution in [1.82, 2.24) is 5.32 Å². The van der Waals surface area contributed by atoms with E-state index in [-0.39, 0.29) is 17.7 Å². The van der Waals surface area contributed by atoms with E-state index in [1.807, 2.05) is 23.1 Å². The van der Waals surface area contributed by atoms with Crippen LogP contribution in [-0.2, 0) is 9.59 Å². The fourth-order valence-corrected chi connectivity index (χ4v) is 3.72. The standard InChI is InChI=1S/C16H14N2O3S2/c19-14-13(23-16(22)17-14)8-9-1-4-12-11(7-9)18(5-6-21-12)15(20)10-2-3-10/h1,4,7-8,10H,2-3,5-6H2,(H,17,19,22). The molecule has 1 aromatic rings. The molecule has 0 unspecified atom stereocenters. The van der Waals surface area contributed by atoms with Crippen LogP contribution < -0.4 is 15.0 Å². The van der Waals surface area contributed by atoms with Gasteiger partial charge in [-0.3, -0.25) is 9.59 Å². The number of hydrogen-bond acceptors (Lipinski definition) is 5. The summed E-state index contributed by atoms with van der Waals surface area (Å²) in [6, 6.07) is 5.63. The molecule has 0 aromatic heterocycles. The molecule has 0 bridgehead atoms. The number of hydrogen-bond donors (Lipinski definition) is 1. The zero-order valence-electron chi connectivity index (χ0n) is 12.2.